The molecule has 4 rings (SSSR count). The normalized spacial score (nSPS) is 18.8. The summed E-state index contributed by atoms with van der Waals surface area (Å²) in [6, 6.07) is 7.06. The molecule has 0 radical (unpaired) electrons. The predicted molar refractivity (Wildman–Crippen MR) is 79.2 cm³/mol. The van der Waals surface area contributed by atoms with E-state index in [2.05, 4.69) is 15.5 Å². The second-order valence-corrected chi connectivity index (χ2v) is 4.97. The van der Waals surface area contributed by atoms with E-state index in [9.17, 15) is 4.79 Å². The highest BCUT2D eigenvalue weighted by Crippen LogP contribution is 2.31. The van der Waals surface area contributed by atoms with Crippen molar-refractivity contribution in [3.63, 3.8) is 0 Å². The molecule has 0 saturated carbocycles. The molecule has 1 unspecified atom stereocenters. The number of nitrogens with one attached hydrogen (secondary N) is 1. The second kappa shape index (κ2) is 6.11. The molecule has 0 aliphatic carbocycles. The Labute approximate surface area is 136 Å². The maximum Gasteiger partial charge on any atom is 0.322 e. The van der Waals surface area contributed by atoms with Gasteiger partial charge in [0.05, 0.1) is 0 Å². The number of ether oxygens (including phenoxy) is 4. The number of carbonyl (C=O) groups is 1. The molecule has 3 heterocycles. The van der Waals surface area contributed by atoms with Gasteiger partial charge in [-0.15, -0.1) is 5.10 Å². The molecule has 2 aliphatic heterocycles. The minimum Gasteiger partial charge on any atom is -0.494 e. The summed E-state index contributed by atoms with van der Waals surface area (Å²) in [6.45, 7) is 0.941. The molecule has 1 aromatic heterocycles. The van der Waals surface area contributed by atoms with Gasteiger partial charge in [0.2, 0.25) is 11.9 Å². The zero-order valence-electron chi connectivity index (χ0n) is 12.4. The Morgan fingerprint density at radius 2 is 2.00 bits per heavy atom. The van der Waals surface area contributed by atoms with Crippen molar-refractivity contribution in [2.24, 2.45) is 0 Å². The fourth-order valence-corrected chi connectivity index (χ4v) is 2.19. The lowest BCUT2D eigenvalue weighted by Gasteiger charge is -2.24. The van der Waals surface area contributed by atoms with Crippen molar-refractivity contribution in [1.29, 1.82) is 0 Å². The Kier molecular flexibility index (Phi) is 3.66. The molecule has 124 valence electrons. The van der Waals surface area contributed by atoms with E-state index in [4.69, 9.17) is 23.4 Å². The van der Waals surface area contributed by atoms with E-state index in [1.54, 1.807) is 18.2 Å². The summed E-state index contributed by atoms with van der Waals surface area (Å²) in [5.41, 5.74) is 0. The number of nitrogens with zero attached hydrogens (tertiary/aromatic N) is 2. The van der Waals surface area contributed by atoms with Gasteiger partial charge < -0.3 is 23.4 Å². The molecule has 1 aromatic carbocycles. The molecule has 1 N–H and O–H groups in total. The predicted octanol–water partition coefficient (Wildman–Crippen LogP) is 1.19. The van der Waals surface area contributed by atoms with E-state index in [1.807, 2.05) is 6.07 Å². The second-order valence-electron chi connectivity index (χ2n) is 4.97. The van der Waals surface area contributed by atoms with Crippen molar-refractivity contribution in [3.05, 3.63) is 36.4 Å². The Bertz CT molecular complexity index is 787. The third-order valence-corrected chi connectivity index (χ3v) is 3.32. The van der Waals surface area contributed by atoms with E-state index >= 15 is 0 Å². The lowest BCUT2D eigenvalue weighted by Crippen LogP contribution is -2.40. The SMILES string of the molecule is O=C(Nc1nnc(C2=COCCO2)o1)C1COc2ccccc2O1. The average molecular weight is 331 g/mol. The zero-order valence-corrected chi connectivity index (χ0v) is 12.4. The summed E-state index contributed by atoms with van der Waals surface area (Å²) < 4.78 is 26.9. The van der Waals surface area contributed by atoms with Crippen LogP contribution in [0.15, 0.2) is 34.9 Å². The lowest BCUT2D eigenvalue weighted by atomic mass is 10.2. The van der Waals surface area contributed by atoms with Gasteiger partial charge in [0.15, 0.2) is 11.5 Å². The van der Waals surface area contributed by atoms with Crippen molar-refractivity contribution in [1.82, 2.24) is 10.2 Å². The van der Waals surface area contributed by atoms with Crippen LogP contribution in [0.1, 0.15) is 5.89 Å². The van der Waals surface area contributed by atoms with E-state index in [0.29, 0.717) is 30.5 Å². The topological polar surface area (TPSA) is 105 Å². The molecular weight excluding hydrogens is 318 g/mol. The average Bonchev–Trinajstić information content (AvgIpc) is 3.10. The molecular formula is C15H13N3O6. The number of anilines is 1. The van der Waals surface area contributed by atoms with Crippen molar-refractivity contribution >= 4 is 17.7 Å². The van der Waals surface area contributed by atoms with E-state index in [0.717, 1.165) is 0 Å². The number of para-hydroxylation sites is 2. The minimum absolute atomic E-state index is 0.0625. The molecule has 2 aromatic rings. The molecule has 0 saturated heterocycles. The first-order valence-corrected chi connectivity index (χ1v) is 7.27. The first-order chi connectivity index (χ1) is 11.8. The van der Waals surface area contributed by atoms with Crippen LogP contribution in [0, 0.1) is 0 Å². The highest BCUT2D eigenvalue weighted by Gasteiger charge is 2.28. The van der Waals surface area contributed by atoms with E-state index < -0.39 is 12.0 Å². The molecule has 9 heteroatoms. The van der Waals surface area contributed by atoms with Gasteiger partial charge in [-0.3, -0.25) is 10.1 Å². The third-order valence-electron chi connectivity index (χ3n) is 3.32. The summed E-state index contributed by atoms with van der Waals surface area (Å²) in [5.74, 6) is 1.10. The molecule has 24 heavy (non-hydrogen) atoms. The molecule has 0 spiro atoms. The van der Waals surface area contributed by atoms with Gasteiger partial charge in [-0.25, -0.2) is 0 Å². The first kappa shape index (κ1) is 14.4. The van der Waals surface area contributed by atoms with Crippen LogP contribution >= 0.6 is 0 Å². The van der Waals surface area contributed by atoms with Crippen LogP contribution in [-0.2, 0) is 14.3 Å². The van der Waals surface area contributed by atoms with Gasteiger partial charge in [-0.2, -0.15) is 0 Å². The van der Waals surface area contributed by atoms with Crippen LogP contribution in [0.3, 0.4) is 0 Å². The van der Waals surface area contributed by atoms with Crippen molar-refractivity contribution < 1.29 is 28.2 Å². The van der Waals surface area contributed by atoms with Crippen LogP contribution in [-0.4, -0.2) is 42.0 Å². The molecule has 1 amide bonds. The summed E-state index contributed by atoms with van der Waals surface area (Å²) in [4.78, 5) is 12.2. The summed E-state index contributed by atoms with van der Waals surface area (Å²) in [5, 5.41) is 10.0. The van der Waals surface area contributed by atoms with Crippen LogP contribution in [0.5, 0.6) is 11.5 Å². The van der Waals surface area contributed by atoms with Crippen LogP contribution < -0.4 is 14.8 Å². The monoisotopic (exact) mass is 331 g/mol. The van der Waals surface area contributed by atoms with Crippen molar-refractivity contribution in [2.45, 2.75) is 6.10 Å². The van der Waals surface area contributed by atoms with Crippen LogP contribution in [0.25, 0.3) is 5.76 Å². The number of hydrogen-bond donors (Lipinski definition) is 1. The summed E-state index contributed by atoms with van der Waals surface area (Å²) >= 11 is 0. The van der Waals surface area contributed by atoms with Crippen LogP contribution in [0.2, 0.25) is 0 Å². The molecule has 1 atom stereocenters. The van der Waals surface area contributed by atoms with Gasteiger partial charge in [0.1, 0.15) is 26.1 Å². The fraction of sp³-hybridized carbons (Fsp3) is 0.267. The molecule has 9 nitrogen and oxygen atoms in total. The van der Waals surface area contributed by atoms with Gasteiger partial charge in [-0.05, 0) is 12.1 Å². The lowest BCUT2D eigenvalue weighted by molar-refractivity contribution is -0.125. The van der Waals surface area contributed by atoms with Gasteiger partial charge in [-0.1, -0.05) is 17.2 Å². The first-order valence-electron chi connectivity index (χ1n) is 7.27. The number of carbonyl (C=O) groups excluding carboxylic acids is 1. The molecule has 0 fully saturated rings. The Morgan fingerprint density at radius 1 is 1.12 bits per heavy atom. The number of rotatable bonds is 3. The third kappa shape index (κ3) is 2.83. The highest BCUT2D eigenvalue weighted by atomic mass is 16.6. The number of aromatic nitrogens is 2. The summed E-state index contributed by atoms with van der Waals surface area (Å²) in [7, 11) is 0. The Balaban J connectivity index is 1.42. The quantitative estimate of drug-likeness (QED) is 0.894. The van der Waals surface area contributed by atoms with E-state index in [-0.39, 0.29) is 18.5 Å². The molecule has 2 aliphatic rings. The van der Waals surface area contributed by atoms with Gasteiger partial charge in [0.25, 0.3) is 11.8 Å². The number of amides is 1. The Morgan fingerprint density at radius 3 is 2.83 bits per heavy atom. The Hall–Kier alpha value is -3.23. The highest BCUT2D eigenvalue weighted by molar-refractivity contribution is 5.93. The largest absolute Gasteiger partial charge is 0.494 e. The molecule has 0 bridgehead atoms. The number of fused-ring (bicyclic) bond motifs is 1. The van der Waals surface area contributed by atoms with E-state index in [1.165, 1.54) is 6.26 Å². The van der Waals surface area contributed by atoms with Crippen LogP contribution in [0.4, 0.5) is 6.01 Å². The fourth-order valence-electron chi connectivity index (χ4n) is 2.19. The summed E-state index contributed by atoms with van der Waals surface area (Å²) in [6.07, 6.45) is 0.571. The number of hydrogen-bond acceptors (Lipinski definition) is 8. The standard InChI is InChI=1S/C15H13N3O6/c19-13(11-8-22-9-3-1-2-4-10(9)23-11)16-15-18-17-14(24-15)12-7-20-5-6-21-12/h1-4,7,11H,5-6,8H2,(H,16,18,19). The smallest absolute Gasteiger partial charge is 0.322 e. The number of benzene rings is 1. The maximum atomic E-state index is 12.2. The maximum absolute atomic E-state index is 12.2. The zero-order chi connectivity index (χ0) is 16.4. The van der Waals surface area contributed by atoms with Gasteiger partial charge in [0, 0.05) is 0 Å². The van der Waals surface area contributed by atoms with Gasteiger partial charge >= 0.3 is 6.01 Å². The van der Waals surface area contributed by atoms with Crippen molar-refractivity contribution in [3.8, 4) is 11.5 Å². The van der Waals surface area contributed by atoms with Crippen molar-refractivity contribution in [2.75, 3.05) is 25.1 Å². The minimum atomic E-state index is -0.816.